The number of benzene rings is 2. The molecule has 8 nitrogen and oxygen atoms in total. The van der Waals surface area contributed by atoms with Crippen LogP contribution in [-0.4, -0.2) is 42.6 Å². The zero-order valence-electron chi connectivity index (χ0n) is 16.5. The SMILES string of the molecule is Cc1ccc(OCCCN2C(=O)COc3cc(NC(=O)/C=C/C(=O)O)ccc32)cc1. The maximum atomic E-state index is 12.3. The van der Waals surface area contributed by atoms with Crippen LogP contribution in [0.1, 0.15) is 12.0 Å². The largest absolute Gasteiger partial charge is 0.494 e. The minimum absolute atomic E-state index is 0.0951. The zero-order chi connectivity index (χ0) is 21.5. The number of nitrogens with zero attached hydrogens (tertiary/aromatic N) is 1. The van der Waals surface area contributed by atoms with Crippen molar-refractivity contribution in [2.75, 3.05) is 30.0 Å². The van der Waals surface area contributed by atoms with Crippen molar-refractivity contribution in [2.45, 2.75) is 13.3 Å². The molecule has 0 unspecified atom stereocenters. The van der Waals surface area contributed by atoms with Crippen LogP contribution in [0.15, 0.2) is 54.6 Å². The molecule has 3 rings (SSSR count). The number of rotatable bonds is 8. The van der Waals surface area contributed by atoms with E-state index in [1.807, 2.05) is 31.2 Å². The second-order valence-electron chi connectivity index (χ2n) is 6.69. The summed E-state index contributed by atoms with van der Waals surface area (Å²) in [6.45, 7) is 2.85. The molecule has 0 atom stereocenters. The molecule has 0 aliphatic carbocycles. The number of aryl methyl sites for hydroxylation is 1. The summed E-state index contributed by atoms with van der Waals surface area (Å²) in [5, 5.41) is 11.1. The fraction of sp³-hybridized carbons (Fsp3) is 0.227. The molecule has 0 saturated carbocycles. The highest BCUT2D eigenvalue weighted by Gasteiger charge is 2.25. The smallest absolute Gasteiger partial charge is 0.328 e. The van der Waals surface area contributed by atoms with E-state index >= 15 is 0 Å². The molecule has 0 aromatic heterocycles. The fourth-order valence-electron chi connectivity index (χ4n) is 2.91. The van der Waals surface area contributed by atoms with Crippen molar-refractivity contribution in [1.82, 2.24) is 0 Å². The maximum Gasteiger partial charge on any atom is 0.328 e. The molecule has 156 valence electrons. The number of carbonyl (C=O) groups excluding carboxylic acids is 2. The van der Waals surface area contributed by atoms with E-state index in [4.69, 9.17) is 14.6 Å². The van der Waals surface area contributed by atoms with Gasteiger partial charge in [0.1, 0.15) is 11.5 Å². The maximum absolute atomic E-state index is 12.3. The average molecular weight is 410 g/mol. The molecule has 2 aromatic rings. The second-order valence-corrected chi connectivity index (χ2v) is 6.69. The number of ether oxygens (including phenoxy) is 2. The molecular weight excluding hydrogens is 388 g/mol. The van der Waals surface area contributed by atoms with Crippen LogP contribution in [0.5, 0.6) is 11.5 Å². The van der Waals surface area contributed by atoms with Gasteiger partial charge in [0.25, 0.3) is 5.91 Å². The van der Waals surface area contributed by atoms with Gasteiger partial charge < -0.3 is 24.8 Å². The van der Waals surface area contributed by atoms with Gasteiger partial charge in [-0.25, -0.2) is 4.79 Å². The van der Waals surface area contributed by atoms with Crippen LogP contribution in [0.25, 0.3) is 0 Å². The van der Waals surface area contributed by atoms with E-state index in [-0.39, 0.29) is 12.5 Å². The topological polar surface area (TPSA) is 105 Å². The Morgan fingerprint density at radius 2 is 1.97 bits per heavy atom. The highest BCUT2D eigenvalue weighted by atomic mass is 16.5. The van der Waals surface area contributed by atoms with E-state index in [2.05, 4.69) is 5.32 Å². The van der Waals surface area contributed by atoms with Crippen LogP contribution in [0.2, 0.25) is 0 Å². The lowest BCUT2D eigenvalue weighted by Gasteiger charge is -2.29. The summed E-state index contributed by atoms with van der Waals surface area (Å²) >= 11 is 0. The van der Waals surface area contributed by atoms with Gasteiger partial charge in [0.05, 0.1) is 12.3 Å². The third kappa shape index (κ3) is 5.60. The Morgan fingerprint density at radius 1 is 1.20 bits per heavy atom. The number of anilines is 2. The van der Waals surface area contributed by atoms with Crippen molar-refractivity contribution < 1.29 is 29.0 Å². The Kier molecular flexibility index (Phi) is 6.69. The van der Waals surface area contributed by atoms with Crippen molar-refractivity contribution >= 4 is 29.2 Å². The van der Waals surface area contributed by atoms with Gasteiger partial charge >= 0.3 is 5.97 Å². The first kappa shape index (κ1) is 20.9. The lowest BCUT2D eigenvalue weighted by Crippen LogP contribution is -2.39. The molecule has 2 aromatic carbocycles. The number of carboxylic acids is 1. The molecule has 1 heterocycles. The number of hydrogen-bond acceptors (Lipinski definition) is 5. The standard InChI is InChI=1S/C22H22N2O6/c1-15-3-6-17(7-4-15)29-12-2-11-24-18-8-5-16(13-19(18)30-14-21(24)26)23-20(25)9-10-22(27)28/h3-10,13H,2,11-12,14H2,1H3,(H,23,25)(H,27,28)/b10-9+. The Hall–Kier alpha value is -3.81. The molecule has 1 aliphatic heterocycles. The van der Waals surface area contributed by atoms with E-state index in [9.17, 15) is 14.4 Å². The van der Waals surface area contributed by atoms with Gasteiger partial charge in [-0.15, -0.1) is 0 Å². The Labute approximate surface area is 173 Å². The Balaban J connectivity index is 1.59. The molecule has 1 aliphatic rings. The summed E-state index contributed by atoms with van der Waals surface area (Å²) in [7, 11) is 0. The minimum atomic E-state index is -1.21. The highest BCUT2D eigenvalue weighted by molar-refractivity contribution is 6.03. The fourth-order valence-corrected chi connectivity index (χ4v) is 2.91. The summed E-state index contributed by atoms with van der Waals surface area (Å²) in [5.41, 5.74) is 2.21. The molecule has 2 amide bonds. The van der Waals surface area contributed by atoms with Crippen LogP contribution in [0.4, 0.5) is 11.4 Å². The van der Waals surface area contributed by atoms with Gasteiger partial charge in [-0.2, -0.15) is 0 Å². The van der Waals surface area contributed by atoms with Gasteiger partial charge in [0.2, 0.25) is 5.91 Å². The summed E-state index contributed by atoms with van der Waals surface area (Å²) < 4.78 is 11.2. The first-order chi connectivity index (χ1) is 14.4. The number of hydrogen-bond donors (Lipinski definition) is 2. The summed E-state index contributed by atoms with van der Waals surface area (Å²) in [6.07, 6.45) is 2.31. The molecule has 8 heteroatoms. The molecule has 0 fully saturated rings. The predicted octanol–water partition coefficient (Wildman–Crippen LogP) is 2.77. The highest BCUT2D eigenvalue weighted by Crippen LogP contribution is 2.34. The van der Waals surface area contributed by atoms with E-state index in [0.29, 0.717) is 36.7 Å². The number of carboxylic acid groups (broad SMARTS) is 1. The van der Waals surface area contributed by atoms with Crippen molar-refractivity contribution in [2.24, 2.45) is 0 Å². The van der Waals surface area contributed by atoms with E-state index in [1.54, 1.807) is 23.1 Å². The van der Waals surface area contributed by atoms with Gasteiger partial charge in [-0.05, 0) is 37.6 Å². The van der Waals surface area contributed by atoms with Gasteiger partial charge in [-0.3, -0.25) is 9.59 Å². The molecule has 0 radical (unpaired) electrons. The van der Waals surface area contributed by atoms with Crippen LogP contribution in [0, 0.1) is 6.92 Å². The van der Waals surface area contributed by atoms with Crippen LogP contribution in [-0.2, 0) is 14.4 Å². The van der Waals surface area contributed by atoms with Crippen molar-refractivity contribution in [3.8, 4) is 11.5 Å². The van der Waals surface area contributed by atoms with E-state index in [1.165, 1.54) is 0 Å². The van der Waals surface area contributed by atoms with Gasteiger partial charge in [-0.1, -0.05) is 17.7 Å². The van der Waals surface area contributed by atoms with Crippen LogP contribution >= 0.6 is 0 Å². The molecule has 0 spiro atoms. The lowest BCUT2D eigenvalue weighted by molar-refractivity contribution is -0.131. The van der Waals surface area contributed by atoms with Crippen molar-refractivity contribution in [3.63, 3.8) is 0 Å². The minimum Gasteiger partial charge on any atom is -0.494 e. The molecular formula is C22H22N2O6. The van der Waals surface area contributed by atoms with Gasteiger partial charge in [0, 0.05) is 30.5 Å². The third-order valence-electron chi connectivity index (χ3n) is 4.36. The van der Waals surface area contributed by atoms with E-state index < -0.39 is 11.9 Å². The summed E-state index contributed by atoms with van der Waals surface area (Å²) in [4.78, 5) is 36.1. The first-order valence-electron chi connectivity index (χ1n) is 9.41. The Morgan fingerprint density at radius 3 is 2.70 bits per heavy atom. The zero-order valence-corrected chi connectivity index (χ0v) is 16.5. The molecule has 0 saturated heterocycles. The first-order valence-corrected chi connectivity index (χ1v) is 9.41. The second kappa shape index (κ2) is 9.60. The van der Waals surface area contributed by atoms with Crippen LogP contribution in [0.3, 0.4) is 0 Å². The quantitative estimate of drug-likeness (QED) is 0.512. The molecule has 30 heavy (non-hydrogen) atoms. The third-order valence-corrected chi connectivity index (χ3v) is 4.36. The van der Waals surface area contributed by atoms with Gasteiger partial charge in [0.15, 0.2) is 6.61 Å². The molecule has 2 N–H and O–H groups in total. The average Bonchev–Trinajstić information content (AvgIpc) is 2.72. The predicted molar refractivity (Wildman–Crippen MR) is 111 cm³/mol. The van der Waals surface area contributed by atoms with Crippen molar-refractivity contribution in [3.05, 3.63) is 60.2 Å². The summed E-state index contributed by atoms with van der Waals surface area (Å²) in [5.74, 6) is -0.687. The normalized spacial score (nSPS) is 13.0. The number of aliphatic carboxylic acids is 1. The summed E-state index contributed by atoms with van der Waals surface area (Å²) in [6, 6.07) is 12.7. The molecule has 0 bridgehead atoms. The lowest BCUT2D eigenvalue weighted by atomic mass is 10.2. The number of nitrogens with one attached hydrogen (secondary N) is 1. The van der Waals surface area contributed by atoms with E-state index in [0.717, 1.165) is 23.5 Å². The van der Waals surface area contributed by atoms with Crippen LogP contribution < -0.4 is 19.7 Å². The monoisotopic (exact) mass is 410 g/mol. The Bertz CT molecular complexity index is 968. The van der Waals surface area contributed by atoms with Crippen molar-refractivity contribution in [1.29, 1.82) is 0 Å². The number of carbonyl (C=O) groups is 3. The number of fused-ring (bicyclic) bond motifs is 1. The number of amides is 2.